The standard InChI is InChI=1S/C16H11Cl3N4S/c17-13-4-1-11(2-5-13)9-24-16-22-20-10-23(16)21-8-12-3-6-14(18)7-15(12)19/h1-8,10H,9H2/b21-8-. The molecule has 24 heavy (non-hydrogen) atoms. The van der Waals surface area contributed by atoms with Crippen molar-refractivity contribution >= 4 is 52.8 Å². The Kier molecular flexibility index (Phi) is 5.79. The van der Waals surface area contributed by atoms with Gasteiger partial charge in [-0.3, -0.25) is 0 Å². The molecule has 0 spiro atoms. The number of nitrogens with zero attached hydrogens (tertiary/aromatic N) is 4. The summed E-state index contributed by atoms with van der Waals surface area (Å²) in [7, 11) is 0. The van der Waals surface area contributed by atoms with Gasteiger partial charge in [-0.25, -0.2) is 0 Å². The molecule has 0 saturated heterocycles. The lowest BCUT2D eigenvalue weighted by Crippen LogP contribution is -1.93. The Morgan fingerprint density at radius 2 is 1.79 bits per heavy atom. The molecule has 0 bridgehead atoms. The quantitative estimate of drug-likeness (QED) is 0.427. The molecule has 0 atom stereocenters. The summed E-state index contributed by atoms with van der Waals surface area (Å²) in [4.78, 5) is 0. The van der Waals surface area contributed by atoms with Crippen molar-refractivity contribution in [2.24, 2.45) is 5.10 Å². The van der Waals surface area contributed by atoms with Gasteiger partial charge in [-0.05, 0) is 29.8 Å². The lowest BCUT2D eigenvalue weighted by molar-refractivity contribution is 0.767. The normalized spacial score (nSPS) is 11.3. The Hall–Kier alpha value is -1.53. The van der Waals surface area contributed by atoms with E-state index in [9.17, 15) is 0 Å². The van der Waals surface area contributed by atoms with Gasteiger partial charge >= 0.3 is 0 Å². The van der Waals surface area contributed by atoms with Gasteiger partial charge in [-0.1, -0.05) is 64.8 Å². The topological polar surface area (TPSA) is 43.1 Å². The van der Waals surface area contributed by atoms with E-state index in [-0.39, 0.29) is 0 Å². The third kappa shape index (κ3) is 4.51. The van der Waals surface area contributed by atoms with Gasteiger partial charge in [0, 0.05) is 21.4 Å². The average Bonchev–Trinajstić information content (AvgIpc) is 3.01. The minimum Gasteiger partial charge on any atom is -0.195 e. The van der Waals surface area contributed by atoms with Crippen molar-refractivity contribution in [3.05, 3.63) is 75.0 Å². The summed E-state index contributed by atoms with van der Waals surface area (Å²) >= 11 is 19.4. The van der Waals surface area contributed by atoms with E-state index < -0.39 is 0 Å². The highest BCUT2D eigenvalue weighted by Gasteiger charge is 2.05. The molecule has 0 radical (unpaired) electrons. The molecule has 3 rings (SSSR count). The number of thioether (sulfide) groups is 1. The van der Waals surface area contributed by atoms with Gasteiger partial charge in [0.25, 0.3) is 0 Å². The Bertz CT molecular complexity index is 862. The van der Waals surface area contributed by atoms with Crippen molar-refractivity contribution in [1.29, 1.82) is 0 Å². The van der Waals surface area contributed by atoms with Crippen LogP contribution in [-0.2, 0) is 5.75 Å². The predicted molar refractivity (Wildman–Crippen MR) is 100 cm³/mol. The third-order valence-electron chi connectivity index (χ3n) is 3.07. The molecule has 8 heteroatoms. The molecule has 0 amide bonds. The zero-order valence-corrected chi connectivity index (χ0v) is 15.3. The minimum absolute atomic E-state index is 0.537. The van der Waals surface area contributed by atoms with Crippen LogP contribution in [0.2, 0.25) is 15.1 Å². The van der Waals surface area contributed by atoms with Crippen molar-refractivity contribution in [1.82, 2.24) is 14.9 Å². The molecule has 3 aromatic rings. The van der Waals surface area contributed by atoms with Crippen LogP contribution in [-0.4, -0.2) is 21.1 Å². The Labute approximate surface area is 158 Å². The van der Waals surface area contributed by atoms with Crippen molar-refractivity contribution in [2.75, 3.05) is 0 Å². The summed E-state index contributed by atoms with van der Waals surface area (Å²) in [5.74, 6) is 0.743. The lowest BCUT2D eigenvalue weighted by atomic mass is 10.2. The number of hydrogen-bond donors (Lipinski definition) is 0. The molecule has 122 valence electrons. The molecule has 0 fully saturated rings. The SMILES string of the molecule is Clc1ccc(CSc2nncn2/N=C\c2ccc(Cl)cc2Cl)cc1. The molecule has 0 aliphatic rings. The zero-order valence-electron chi connectivity index (χ0n) is 12.2. The van der Waals surface area contributed by atoms with Gasteiger partial charge in [-0.2, -0.15) is 9.78 Å². The number of aromatic nitrogens is 3. The van der Waals surface area contributed by atoms with Crippen LogP contribution < -0.4 is 0 Å². The molecular formula is C16H11Cl3N4S. The molecule has 0 saturated carbocycles. The second-order valence-electron chi connectivity index (χ2n) is 4.78. The van der Waals surface area contributed by atoms with Crippen LogP contribution in [0.25, 0.3) is 0 Å². The van der Waals surface area contributed by atoms with E-state index >= 15 is 0 Å². The fourth-order valence-electron chi connectivity index (χ4n) is 1.85. The zero-order chi connectivity index (χ0) is 16.9. The number of hydrogen-bond acceptors (Lipinski definition) is 4. The first-order chi connectivity index (χ1) is 11.6. The summed E-state index contributed by atoms with van der Waals surface area (Å²) in [6.07, 6.45) is 3.19. The molecular weight excluding hydrogens is 387 g/mol. The first kappa shape index (κ1) is 17.3. The number of benzene rings is 2. The highest BCUT2D eigenvalue weighted by molar-refractivity contribution is 7.98. The van der Waals surface area contributed by atoms with E-state index in [1.54, 1.807) is 35.4 Å². The lowest BCUT2D eigenvalue weighted by Gasteiger charge is -2.02. The van der Waals surface area contributed by atoms with Crippen molar-refractivity contribution in [3.8, 4) is 0 Å². The van der Waals surface area contributed by atoms with Gasteiger partial charge in [0.2, 0.25) is 5.16 Å². The maximum atomic E-state index is 6.13. The molecule has 2 aromatic carbocycles. The van der Waals surface area contributed by atoms with Crippen LogP contribution in [0.5, 0.6) is 0 Å². The van der Waals surface area contributed by atoms with E-state index in [1.165, 1.54) is 11.8 Å². The van der Waals surface area contributed by atoms with Gasteiger partial charge in [-0.15, -0.1) is 10.2 Å². The van der Waals surface area contributed by atoms with Gasteiger partial charge in [0.05, 0.1) is 11.2 Å². The molecule has 1 aromatic heterocycles. The molecule has 0 unspecified atom stereocenters. The Morgan fingerprint density at radius 3 is 2.54 bits per heavy atom. The van der Waals surface area contributed by atoms with Crippen LogP contribution in [0, 0.1) is 0 Å². The maximum absolute atomic E-state index is 6.13. The van der Waals surface area contributed by atoms with E-state index in [4.69, 9.17) is 34.8 Å². The van der Waals surface area contributed by atoms with Gasteiger partial charge < -0.3 is 0 Å². The fourth-order valence-corrected chi connectivity index (χ4v) is 3.26. The van der Waals surface area contributed by atoms with Crippen LogP contribution in [0.15, 0.2) is 59.0 Å². The second-order valence-corrected chi connectivity index (χ2v) is 7.01. The summed E-state index contributed by atoms with van der Waals surface area (Å²) < 4.78 is 1.60. The fraction of sp³-hybridized carbons (Fsp3) is 0.0625. The van der Waals surface area contributed by atoms with Gasteiger partial charge in [0.1, 0.15) is 6.33 Å². The molecule has 0 aliphatic carbocycles. The number of rotatable bonds is 5. The molecule has 4 nitrogen and oxygen atoms in total. The highest BCUT2D eigenvalue weighted by Crippen LogP contribution is 2.22. The van der Waals surface area contributed by atoms with Crippen molar-refractivity contribution < 1.29 is 0 Å². The highest BCUT2D eigenvalue weighted by atomic mass is 35.5. The predicted octanol–water partition coefficient (Wildman–Crippen LogP) is 5.41. The van der Waals surface area contributed by atoms with Crippen LogP contribution >= 0.6 is 46.6 Å². The summed E-state index contributed by atoms with van der Waals surface area (Å²) in [6.45, 7) is 0. The molecule has 0 N–H and O–H groups in total. The summed E-state index contributed by atoms with van der Waals surface area (Å²) in [5, 5.41) is 14.9. The monoisotopic (exact) mass is 396 g/mol. The van der Waals surface area contributed by atoms with Gasteiger partial charge in [0.15, 0.2) is 0 Å². The molecule has 0 aliphatic heterocycles. The van der Waals surface area contributed by atoms with Crippen LogP contribution in [0.1, 0.15) is 11.1 Å². The molecule has 1 heterocycles. The van der Waals surface area contributed by atoms with Crippen molar-refractivity contribution in [2.45, 2.75) is 10.9 Å². The maximum Gasteiger partial charge on any atom is 0.212 e. The van der Waals surface area contributed by atoms with E-state index in [0.717, 1.165) is 21.9 Å². The van der Waals surface area contributed by atoms with Crippen molar-refractivity contribution in [3.63, 3.8) is 0 Å². The smallest absolute Gasteiger partial charge is 0.195 e. The Morgan fingerprint density at radius 1 is 1.04 bits per heavy atom. The second kappa shape index (κ2) is 8.03. The number of halogens is 3. The van der Waals surface area contributed by atoms with E-state index in [1.807, 2.05) is 24.3 Å². The first-order valence-electron chi connectivity index (χ1n) is 6.88. The van der Waals surface area contributed by atoms with E-state index in [2.05, 4.69) is 15.3 Å². The summed E-state index contributed by atoms with van der Waals surface area (Å²) in [6, 6.07) is 12.9. The average molecular weight is 398 g/mol. The van der Waals surface area contributed by atoms with E-state index in [0.29, 0.717) is 15.2 Å². The largest absolute Gasteiger partial charge is 0.212 e. The minimum atomic E-state index is 0.537. The first-order valence-corrected chi connectivity index (χ1v) is 9.00. The third-order valence-corrected chi connectivity index (χ3v) is 4.88. The summed E-state index contributed by atoms with van der Waals surface area (Å²) in [5.41, 5.74) is 1.91. The Balaban J connectivity index is 1.70. The van der Waals surface area contributed by atoms with Crippen LogP contribution in [0.3, 0.4) is 0 Å². The van der Waals surface area contributed by atoms with Crippen LogP contribution in [0.4, 0.5) is 0 Å².